The van der Waals surface area contributed by atoms with Crippen molar-refractivity contribution in [3.63, 3.8) is 0 Å². The number of rotatable bonds is 2. The highest BCUT2D eigenvalue weighted by molar-refractivity contribution is 5.62. The first-order valence-electron chi connectivity index (χ1n) is 6.08. The lowest BCUT2D eigenvalue weighted by molar-refractivity contribution is 0.577. The molecule has 0 atom stereocenters. The summed E-state index contributed by atoms with van der Waals surface area (Å²) >= 11 is 0. The predicted molar refractivity (Wildman–Crippen MR) is 71.7 cm³/mol. The fraction of sp³-hybridized carbons (Fsp3) is 0. The minimum Gasteiger partial charge on any atom is -0.461 e. The minimum absolute atomic E-state index is 0.518. The van der Waals surface area contributed by atoms with Gasteiger partial charge in [0, 0.05) is 24.2 Å². The van der Waals surface area contributed by atoms with Crippen LogP contribution in [-0.4, -0.2) is 24.6 Å². The van der Waals surface area contributed by atoms with Gasteiger partial charge in [-0.1, -0.05) is 0 Å². The largest absolute Gasteiger partial charge is 0.461 e. The van der Waals surface area contributed by atoms with E-state index < -0.39 is 0 Å². The van der Waals surface area contributed by atoms with E-state index >= 15 is 0 Å². The molecule has 96 valence electrons. The number of aromatic nitrogens is 5. The molecule has 4 rings (SSSR count). The van der Waals surface area contributed by atoms with Crippen LogP contribution in [0.25, 0.3) is 28.6 Å². The molecule has 20 heavy (non-hydrogen) atoms. The summed E-state index contributed by atoms with van der Waals surface area (Å²) in [6.45, 7) is 0. The molecule has 0 aliphatic heterocycles. The Morgan fingerprint density at radius 1 is 1.00 bits per heavy atom. The number of hydrogen-bond donors (Lipinski definition) is 0. The van der Waals surface area contributed by atoms with Gasteiger partial charge in [-0.15, -0.1) is 5.10 Å². The van der Waals surface area contributed by atoms with Gasteiger partial charge in [-0.2, -0.15) is 9.50 Å². The van der Waals surface area contributed by atoms with E-state index in [9.17, 15) is 0 Å². The fourth-order valence-electron chi connectivity index (χ4n) is 2.05. The molecule has 0 spiro atoms. The molecule has 0 aliphatic carbocycles. The second-order valence-electron chi connectivity index (χ2n) is 4.19. The zero-order valence-corrected chi connectivity index (χ0v) is 10.3. The fourth-order valence-corrected chi connectivity index (χ4v) is 2.05. The van der Waals surface area contributed by atoms with Crippen LogP contribution in [0.15, 0.2) is 59.6 Å². The normalized spacial score (nSPS) is 11.0. The van der Waals surface area contributed by atoms with Crippen molar-refractivity contribution in [2.45, 2.75) is 0 Å². The van der Waals surface area contributed by atoms with E-state index in [4.69, 9.17) is 4.42 Å². The Balaban J connectivity index is 1.95. The van der Waals surface area contributed by atoms with Gasteiger partial charge in [-0.05, 0) is 30.3 Å². The second-order valence-corrected chi connectivity index (χ2v) is 4.19. The Bertz CT molecular complexity index is 852. The highest BCUT2D eigenvalue weighted by atomic mass is 16.3. The zero-order chi connectivity index (χ0) is 13.4. The van der Waals surface area contributed by atoms with Gasteiger partial charge >= 0.3 is 0 Å². The van der Waals surface area contributed by atoms with Crippen molar-refractivity contribution in [3.8, 4) is 22.8 Å². The topological polar surface area (TPSA) is 69.1 Å². The van der Waals surface area contributed by atoms with Gasteiger partial charge in [-0.3, -0.25) is 4.98 Å². The van der Waals surface area contributed by atoms with Gasteiger partial charge in [0.25, 0.3) is 5.78 Å². The maximum atomic E-state index is 5.32. The van der Waals surface area contributed by atoms with E-state index in [1.165, 1.54) is 0 Å². The third-order valence-corrected chi connectivity index (χ3v) is 2.96. The second kappa shape index (κ2) is 4.27. The van der Waals surface area contributed by atoms with Gasteiger partial charge in [-0.25, -0.2) is 4.98 Å². The van der Waals surface area contributed by atoms with Crippen LogP contribution in [0.1, 0.15) is 0 Å². The molecule has 0 N–H and O–H groups in total. The molecule has 0 aliphatic rings. The molecule has 0 bridgehead atoms. The van der Waals surface area contributed by atoms with Crippen LogP contribution in [0.4, 0.5) is 0 Å². The Kier molecular flexibility index (Phi) is 2.32. The third kappa shape index (κ3) is 1.66. The Hall–Kier alpha value is -3.02. The molecule has 0 aromatic carbocycles. The smallest absolute Gasteiger partial charge is 0.253 e. The number of furan rings is 1. The summed E-state index contributed by atoms with van der Waals surface area (Å²) in [6.07, 6.45) is 6.79. The summed E-state index contributed by atoms with van der Waals surface area (Å²) in [5.74, 6) is 1.67. The molecular weight excluding hydrogens is 254 g/mol. The van der Waals surface area contributed by atoms with Crippen molar-refractivity contribution >= 4 is 5.78 Å². The molecule has 0 saturated heterocycles. The monoisotopic (exact) mass is 263 g/mol. The lowest BCUT2D eigenvalue weighted by Gasteiger charge is -2.02. The van der Waals surface area contributed by atoms with Crippen molar-refractivity contribution in [2.75, 3.05) is 0 Å². The van der Waals surface area contributed by atoms with Crippen LogP contribution in [0, 0.1) is 0 Å². The molecule has 6 nitrogen and oxygen atoms in total. The van der Waals surface area contributed by atoms with Gasteiger partial charge in [0.2, 0.25) is 5.82 Å². The molecule has 4 aromatic rings. The van der Waals surface area contributed by atoms with Crippen LogP contribution in [0.5, 0.6) is 0 Å². The molecular formula is C14H9N5O. The average Bonchev–Trinajstić information content (AvgIpc) is 3.16. The van der Waals surface area contributed by atoms with E-state index in [2.05, 4.69) is 20.1 Å². The maximum absolute atomic E-state index is 5.32. The number of hydrogen-bond acceptors (Lipinski definition) is 5. The van der Waals surface area contributed by atoms with Crippen LogP contribution >= 0.6 is 0 Å². The number of fused-ring (bicyclic) bond motifs is 1. The van der Waals surface area contributed by atoms with Crippen LogP contribution in [0.3, 0.4) is 0 Å². The minimum atomic E-state index is 0.518. The summed E-state index contributed by atoms with van der Waals surface area (Å²) in [7, 11) is 0. The lowest BCUT2D eigenvalue weighted by atomic mass is 10.2. The highest BCUT2D eigenvalue weighted by Crippen LogP contribution is 2.21. The summed E-state index contributed by atoms with van der Waals surface area (Å²) < 4.78 is 7.02. The number of pyridine rings is 1. The summed E-state index contributed by atoms with van der Waals surface area (Å²) in [5.41, 5.74) is 1.91. The molecule has 0 radical (unpaired) electrons. The first-order valence-corrected chi connectivity index (χ1v) is 6.08. The molecule has 0 unspecified atom stereocenters. The molecule has 0 amide bonds. The highest BCUT2D eigenvalue weighted by Gasteiger charge is 2.12. The molecule has 0 saturated carbocycles. The first-order chi connectivity index (χ1) is 9.92. The van der Waals surface area contributed by atoms with Gasteiger partial charge in [0.05, 0.1) is 12.0 Å². The van der Waals surface area contributed by atoms with Gasteiger partial charge in [0.15, 0.2) is 5.76 Å². The van der Waals surface area contributed by atoms with Crippen LogP contribution in [0.2, 0.25) is 0 Å². The van der Waals surface area contributed by atoms with Crippen molar-refractivity contribution < 1.29 is 4.42 Å². The third-order valence-electron chi connectivity index (χ3n) is 2.96. The first kappa shape index (κ1) is 10.9. The summed E-state index contributed by atoms with van der Waals surface area (Å²) in [4.78, 5) is 12.6. The van der Waals surface area contributed by atoms with Gasteiger partial charge in [0.1, 0.15) is 0 Å². The Morgan fingerprint density at radius 3 is 2.70 bits per heavy atom. The standard InChI is InChI=1S/C14H9N5O/c1-2-12(20-9-1)13-17-14-16-8-5-11(19(14)18-13)10-3-6-15-7-4-10/h1-9H. The van der Waals surface area contributed by atoms with E-state index in [0.717, 1.165) is 11.3 Å². The summed E-state index contributed by atoms with van der Waals surface area (Å²) in [6, 6.07) is 9.36. The Morgan fingerprint density at radius 2 is 1.90 bits per heavy atom. The van der Waals surface area contributed by atoms with E-state index in [-0.39, 0.29) is 0 Å². The average molecular weight is 263 g/mol. The SMILES string of the molecule is c1coc(-c2nc3nccc(-c4ccncc4)n3n2)c1. The molecule has 4 heterocycles. The van der Waals surface area contributed by atoms with E-state index in [1.807, 2.05) is 24.3 Å². The van der Waals surface area contributed by atoms with E-state index in [1.54, 1.807) is 35.4 Å². The quantitative estimate of drug-likeness (QED) is 0.555. The Labute approximate surface area is 113 Å². The van der Waals surface area contributed by atoms with Crippen LogP contribution < -0.4 is 0 Å². The number of nitrogens with zero attached hydrogens (tertiary/aromatic N) is 5. The zero-order valence-electron chi connectivity index (χ0n) is 10.3. The van der Waals surface area contributed by atoms with Gasteiger partial charge < -0.3 is 4.42 Å². The lowest BCUT2D eigenvalue weighted by Crippen LogP contribution is -1.95. The predicted octanol–water partition coefficient (Wildman–Crippen LogP) is 2.45. The van der Waals surface area contributed by atoms with E-state index in [0.29, 0.717) is 17.4 Å². The van der Waals surface area contributed by atoms with Crippen molar-refractivity contribution in [1.82, 2.24) is 24.6 Å². The molecule has 4 aromatic heterocycles. The maximum Gasteiger partial charge on any atom is 0.253 e. The molecule has 0 fully saturated rings. The van der Waals surface area contributed by atoms with Crippen LogP contribution in [-0.2, 0) is 0 Å². The summed E-state index contributed by atoms with van der Waals surface area (Å²) in [5, 5.41) is 4.46. The van der Waals surface area contributed by atoms with Crippen molar-refractivity contribution in [1.29, 1.82) is 0 Å². The molecule has 6 heteroatoms. The van der Waals surface area contributed by atoms with Crippen molar-refractivity contribution in [3.05, 3.63) is 55.2 Å². The van der Waals surface area contributed by atoms with Crippen molar-refractivity contribution in [2.24, 2.45) is 0 Å².